The second kappa shape index (κ2) is 15.7. The molecule has 2 heterocycles. The number of rotatable bonds is 11. The molecule has 2 aromatic rings. The number of benzene rings is 2. The summed E-state index contributed by atoms with van der Waals surface area (Å²) in [5, 5.41) is 8.51. The van der Waals surface area contributed by atoms with Crippen LogP contribution in [0.3, 0.4) is 0 Å². The smallest absolute Gasteiger partial charge is 0.245 e. The highest BCUT2D eigenvalue weighted by Crippen LogP contribution is 2.22. The van der Waals surface area contributed by atoms with Gasteiger partial charge >= 0.3 is 0 Å². The minimum atomic E-state index is -0.703. The van der Waals surface area contributed by atoms with Crippen LogP contribution in [0.25, 0.3) is 0 Å². The van der Waals surface area contributed by atoms with E-state index in [1.807, 2.05) is 52.3 Å². The van der Waals surface area contributed by atoms with E-state index < -0.39 is 12.1 Å². The molecule has 0 bridgehead atoms. The molecule has 2 saturated heterocycles. The Labute approximate surface area is 261 Å². The molecule has 0 radical (unpaired) electrons. The lowest BCUT2D eigenvalue weighted by Crippen LogP contribution is -2.61. The highest BCUT2D eigenvalue weighted by molar-refractivity contribution is 6.30. The third-order valence-electron chi connectivity index (χ3n) is 8.43. The van der Waals surface area contributed by atoms with Crippen LogP contribution < -0.4 is 11.1 Å². The maximum absolute atomic E-state index is 13.9. The van der Waals surface area contributed by atoms with Gasteiger partial charge in [0, 0.05) is 82.7 Å². The van der Waals surface area contributed by atoms with Gasteiger partial charge in [-0.3, -0.25) is 14.4 Å². The number of nitrogens with one attached hydrogen (secondary N) is 1. The second-order valence-corrected chi connectivity index (χ2v) is 12.6. The summed E-state index contributed by atoms with van der Waals surface area (Å²) in [6.07, 6.45) is 2.36. The number of piperazine rings is 1. The largest absolute Gasteiger partial charge is 0.344 e. The van der Waals surface area contributed by atoms with Crippen molar-refractivity contribution in [3.05, 3.63) is 70.7 Å². The fourth-order valence-electron chi connectivity index (χ4n) is 6.07. The maximum atomic E-state index is 13.9. The Bertz CT molecular complexity index is 1190. The molecule has 234 valence electrons. The Morgan fingerprint density at radius 3 is 2.14 bits per heavy atom. The summed E-state index contributed by atoms with van der Waals surface area (Å²) in [6.45, 7) is 11.2. The lowest BCUT2D eigenvalue weighted by molar-refractivity contribution is -0.146. The van der Waals surface area contributed by atoms with Crippen LogP contribution in [-0.2, 0) is 20.8 Å². The number of amides is 3. The Morgan fingerprint density at radius 1 is 0.930 bits per heavy atom. The van der Waals surface area contributed by atoms with Crippen molar-refractivity contribution in [1.29, 1.82) is 0 Å². The zero-order valence-electron chi connectivity index (χ0n) is 25.8. The molecule has 2 fully saturated rings. The molecule has 0 spiro atoms. The molecule has 0 unspecified atom stereocenters. The lowest BCUT2D eigenvalue weighted by Gasteiger charge is -2.47. The molecule has 43 heavy (non-hydrogen) atoms. The third-order valence-corrected chi connectivity index (χ3v) is 8.69. The standard InChI is InChI=1S/C33H47ClN6O3/c1-24(2)23-40(29-13-15-37(16-14-29)25(3)41)39-19-17-38(18-20-39)33(43)31(21-26-9-11-28(34)12-10-26)36-32(42)22-30(35)27-7-5-4-6-8-27/h4-12,24,29-31H,13-23,35H2,1-3H3,(H,36,42)/t30-,31-/m1/s1. The van der Waals surface area contributed by atoms with Crippen LogP contribution in [0.1, 0.15) is 57.2 Å². The first-order chi connectivity index (χ1) is 20.6. The summed E-state index contributed by atoms with van der Waals surface area (Å²) < 4.78 is 0. The Balaban J connectivity index is 1.40. The van der Waals surface area contributed by atoms with E-state index in [1.165, 1.54) is 0 Å². The minimum absolute atomic E-state index is 0.0820. The van der Waals surface area contributed by atoms with Crippen LogP contribution >= 0.6 is 11.6 Å². The van der Waals surface area contributed by atoms with Crippen molar-refractivity contribution in [3.63, 3.8) is 0 Å². The molecular weight excluding hydrogens is 564 g/mol. The van der Waals surface area contributed by atoms with E-state index in [9.17, 15) is 14.4 Å². The average molecular weight is 611 g/mol. The number of piperidine rings is 1. The SMILES string of the molecule is CC(=O)N1CCC(N(CC(C)C)N2CCN(C(=O)[C@@H](Cc3ccc(Cl)cc3)NC(=O)C[C@@H](N)c3ccccc3)CC2)CC1. The molecule has 4 rings (SSSR count). The van der Waals surface area contributed by atoms with Crippen LogP contribution in [0.4, 0.5) is 0 Å². The number of halogens is 1. The van der Waals surface area contributed by atoms with Crippen LogP contribution in [0.15, 0.2) is 54.6 Å². The van der Waals surface area contributed by atoms with Gasteiger partial charge in [-0.05, 0) is 42.0 Å². The van der Waals surface area contributed by atoms with Gasteiger partial charge < -0.3 is 20.9 Å². The van der Waals surface area contributed by atoms with Gasteiger partial charge in [0.05, 0.1) is 0 Å². The molecule has 0 aromatic heterocycles. The quantitative estimate of drug-likeness (QED) is 0.404. The van der Waals surface area contributed by atoms with Crippen LogP contribution in [0.5, 0.6) is 0 Å². The topological polar surface area (TPSA) is 102 Å². The molecule has 9 nitrogen and oxygen atoms in total. The van der Waals surface area contributed by atoms with Gasteiger partial charge in [-0.15, -0.1) is 0 Å². The number of nitrogens with two attached hydrogens (primary N) is 1. The van der Waals surface area contributed by atoms with Crippen molar-refractivity contribution in [2.24, 2.45) is 11.7 Å². The van der Waals surface area contributed by atoms with Crippen molar-refractivity contribution in [2.75, 3.05) is 45.8 Å². The fraction of sp³-hybridized carbons (Fsp3) is 0.545. The molecule has 10 heteroatoms. The Morgan fingerprint density at radius 2 is 1.56 bits per heavy atom. The number of carbonyl (C=O) groups is 3. The van der Waals surface area contributed by atoms with Gasteiger partial charge in [-0.25, -0.2) is 10.0 Å². The molecule has 0 aliphatic carbocycles. The summed E-state index contributed by atoms with van der Waals surface area (Å²) in [7, 11) is 0. The van der Waals surface area contributed by atoms with Gasteiger partial charge in [0.25, 0.3) is 0 Å². The lowest BCUT2D eigenvalue weighted by atomic mass is 10.0. The van der Waals surface area contributed by atoms with Crippen molar-refractivity contribution in [3.8, 4) is 0 Å². The predicted molar refractivity (Wildman–Crippen MR) is 170 cm³/mol. The van der Waals surface area contributed by atoms with Crippen LogP contribution in [0, 0.1) is 5.92 Å². The molecule has 3 amide bonds. The monoisotopic (exact) mass is 610 g/mol. The number of hydrazine groups is 1. The van der Waals surface area contributed by atoms with Gasteiger partial charge in [-0.2, -0.15) is 0 Å². The number of nitrogens with zero attached hydrogens (tertiary/aromatic N) is 4. The van der Waals surface area contributed by atoms with E-state index in [-0.39, 0.29) is 24.1 Å². The number of hydrogen-bond donors (Lipinski definition) is 2. The summed E-state index contributed by atoms with van der Waals surface area (Å²) in [5.41, 5.74) is 8.13. The first-order valence-corrected chi connectivity index (χ1v) is 15.9. The number of likely N-dealkylation sites (tertiary alicyclic amines) is 1. The van der Waals surface area contributed by atoms with E-state index in [1.54, 1.807) is 19.1 Å². The normalized spacial score (nSPS) is 18.1. The van der Waals surface area contributed by atoms with Crippen LogP contribution in [0.2, 0.25) is 5.02 Å². The van der Waals surface area contributed by atoms with Crippen molar-refractivity contribution < 1.29 is 14.4 Å². The van der Waals surface area contributed by atoms with E-state index in [0.29, 0.717) is 36.5 Å². The number of carbonyl (C=O) groups excluding carboxylic acids is 3. The molecule has 2 aliphatic heterocycles. The summed E-state index contributed by atoms with van der Waals surface area (Å²) >= 11 is 6.10. The second-order valence-electron chi connectivity index (χ2n) is 12.2. The van der Waals surface area contributed by atoms with Crippen molar-refractivity contribution in [1.82, 2.24) is 25.1 Å². The molecule has 3 N–H and O–H groups in total. The molecule has 0 saturated carbocycles. The third kappa shape index (κ3) is 9.50. The van der Waals surface area contributed by atoms with E-state index in [4.69, 9.17) is 17.3 Å². The first-order valence-electron chi connectivity index (χ1n) is 15.5. The average Bonchev–Trinajstić information content (AvgIpc) is 3.00. The van der Waals surface area contributed by atoms with Gasteiger partial charge in [-0.1, -0.05) is 67.9 Å². The van der Waals surface area contributed by atoms with Crippen LogP contribution in [-0.4, -0.2) is 95.4 Å². The maximum Gasteiger partial charge on any atom is 0.245 e. The predicted octanol–water partition coefficient (Wildman–Crippen LogP) is 3.49. The highest BCUT2D eigenvalue weighted by atomic mass is 35.5. The van der Waals surface area contributed by atoms with E-state index >= 15 is 0 Å². The minimum Gasteiger partial charge on any atom is -0.344 e. The van der Waals surface area contributed by atoms with E-state index in [0.717, 1.165) is 56.7 Å². The Kier molecular flexibility index (Phi) is 12.0. The molecular formula is C33H47ClN6O3. The summed E-state index contributed by atoms with van der Waals surface area (Å²) in [4.78, 5) is 42.7. The summed E-state index contributed by atoms with van der Waals surface area (Å²) in [5.74, 6) is 0.304. The molecule has 2 atom stereocenters. The van der Waals surface area contributed by atoms with Crippen molar-refractivity contribution in [2.45, 2.75) is 64.6 Å². The van der Waals surface area contributed by atoms with Gasteiger partial charge in [0.1, 0.15) is 6.04 Å². The number of hydrogen-bond acceptors (Lipinski definition) is 6. The molecule has 2 aromatic carbocycles. The molecule has 2 aliphatic rings. The fourth-order valence-corrected chi connectivity index (χ4v) is 6.20. The zero-order chi connectivity index (χ0) is 30.9. The van der Waals surface area contributed by atoms with Gasteiger partial charge in [0.2, 0.25) is 17.7 Å². The Hall–Kier alpha value is -2.98. The summed E-state index contributed by atoms with van der Waals surface area (Å²) in [6, 6.07) is 16.1. The van der Waals surface area contributed by atoms with Crippen molar-refractivity contribution >= 4 is 29.3 Å². The first kappa shape index (κ1) is 32.9. The van der Waals surface area contributed by atoms with Gasteiger partial charge in [0.15, 0.2) is 0 Å². The highest BCUT2D eigenvalue weighted by Gasteiger charge is 2.34. The zero-order valence-corrected chi connectivity index (χ0v) is 26.5. The van der Waals surface area contributed by atoms with E-state index in [2.05, 4.69) is 29.2 Å².